The van der Waals surface area contributed by atoms with Crippen LogP contribution < -0.4 is 5.73 Å². The first-order valence-electron chi connectivity index (χ1n) is 4.78. The lowest BCUT2D eigenvalue weighted by Crippen LogP contribution is -2.14. The fourth-order valence-electron chi connectivity index (χ4n) is 2.03. The van der Waals surface area contributed by atoms with Gasteiger partial charge in [0.1, 0.15) is 0 Å². The maximum Gasteiger partial charge on any atom is 0.165 e. The van der Waals surface area contributed by atoms with E-state index in [9.17, 15) is 0 Å². The zero-order valence-corrected chi connectivity index (χ0v) is 7.85. The Morgan fingerprint density at radius 2 is 2.38 bits per heavy atom. The molecule has 0 aromatic carbocycles. The Labute approximate surface area is 77.3 Å². The topological polar surface area (TPSA) is 69.6 Å². The summed E-state index contributed by atoms with van der Waals surface area (Å²) in [6.07, 6.45) is 3.63. The van der Waals surface area contributed by atoms with E-state index in [1.165, 1.54) is 19.3 Å². The van der Waals surface area contributed by atoms with Gasteiger partial charge >= 0.3 is 0 Å². The number of tetrazole rings is 1. The number of hydrogen-bond acceptors (Lipinski definition) is 4. The molecule has 1 aromatic rings. The highest BCUT2D eigenvalue weighted by molar-refractivity contribution is 4.86. The van der Waals surface area contributed by atoms with Crippen LogP contribution in [-0.2, 0) is 6.54 Å². The van der Waals surface area contributed by atoms with E-state index in [4.69, 9.17) is 5.73 Å². The smallest absolute Gasteiger partial charge is 0.165 e. The fraction of sp³-hybridized carbons (Fsp3) is 0.875. The maximum atomic E-state index is 5.53. The molecule has 0 amide bonds. The van der Waals surface area contributed by atoms with Crippen LogP contribution in [-0.4, -0.2) is 20.2 Å². The summed E-state index contributed by atoms with van der Waals surface area (Å²) in [6.45, 7) is 2.70. The highest BCUT2D eigenvalue weighted by Gasteiger charge is 2.25. The van der Waals surface area contributed by atoms with Gasteiger partial charge in [0.15, 0.2) is 5.82 Å². The van der Waals surface area contributed by atoms with Crippen molar-refractivity contribution in [2.45, 2.75) is 38.8 Å². The molecular weight excluding hydrogens is 166 g/mol. The zero-order chi connectivity index (χ0) is 9.26. The van der Waals surface area contributed by atoms with Gasteiger partial charge in [0.25, 0.3) is 0 Å². The van der Waals surface area contributed by atoms with Crippen molar-refractivity contribution >= 4 is 0 Å². The van der Waals surface area contributed by atoms with E-state index in [1.54, 1.807) is 0 Å². The summed E-state index contributed by atoms with van der Waals surface area (Å²) in [5.41, 5.74) is 5.53. The lowest BCUT2D eigenvalue weighted by Gasteiger charge is -2.10. The van der Waals surface area contributed by atoms with Crippen LogP contribution >= 0.6 is 0 Å². The van der Waals surface area contributed by atoms with Crippen LogP contribution in [0.5, 0.6) is 0 Å². The Hall–Kier alpha value is -0.970. The highest BCUT2D eigenvalue weighted by Crippen LogP contribution is 2.33. The van der Waals surface area contributed by atoms with Gasteiger partial charge in [-0.2, -0.15) is 0 Å². The highest BCUT2D eigenvalue weighted by atomic mass is 15.6. The summed E-state index contributed by atoms with van der Waals surface area (Å²) in [5.74, 6) is 1.60. The van der Waals surface area contributed by atoms with E-state index in [0.717, 1.165) is 11.7 Å². The summed E-state index contributed by atoms with van der Waals surface area (Å²) in [6, 6.07) is 0.476. The molecule has 1 saturated carbocycles. The third-order valence-electron chi connectivity index (χ3n) is 2.76. The molecule has 0 saturated heterocycles. The van der Waals surface area contributed by atoms with Crippen LogP contribution in [0, 0.1) is 5.92 Å². The van der Waals surface area contributed by atoms with Gasteiger partial charge in [0, 0.05) is 0 Å². The lowest BCUT2D eigenvalue weighted by atomic mass is 10.1. The molecule has 1 aliphatic carbocycles. The SMILES string of the molecule is CC1CCC(n2nnnc2CN)C1. The second kappa shape index (κ2) is 3.41. The molecule has 1 heterocycles. The van der Waals surface area contributed by atoms with E-state index in [-0.39, 0.29) is 0 Å². The number of nitrogens with zero attached hydrogens (tertiary/aromatic N) is 4. The molecule has 1 fully saturated rings. The first-order valence-corrected chi connectivity index (χ1v) is 4.78. The molecule has 2 N–H and O–H groups in total. The molecule has 0 aliphatic heterocycles. The fourth-order valence-corrected chi connectivity index (χ4v) is 2.03. The predicted molar refractivity (Wildman–Crippen MR) is 47.8 cm³/mol. The monoisotopic (exact) mass is 181 g/mol. The molecule has 72 valence electrons. The third kappa shape index (κ3) is 1.56. The summed E-state index contributed by atoms with van der Waals surface area (Å²) in [4.78, 5) is 0. The Morgan fingerprint density at radius 3 is 3.00 bits per heavy atom. The Morgan fingerprint density at radius 1 is 1.54 bits per heavy atom. The summed E-state index contributed by atoms with van der Waals surface area (Å²) in [7, 11) is 0. The predicted octanol–water partition coefficient (Wildman–Crippen LogP) is 0.493. The molecule has 0 spiro atoms. The van der Waals surface area contributed by atoms with Gasteiger partial charge in [-0.1, -0.05) is 6.92 Å². The number of rotatable bonds is 2. The standard InChI is InChI=1S/C8H15N5/c1-6-2-3-7(4-6)13-8(5-9)10-11-12-13/h6-7H,2-5,9H2,1H3. The molecule has 0 bridgehead atoms. The lowest BCUT2D eigenvalue weighted by molar-refractivity contribution is 0.425. The van der Waals surface area contributed by atoms with E-state index in [1.807, 2.05) is 4.68 Å². The number of nitrogens with two attached hydrogens (primary N) is 1. The van der Waals surface area contributed by atoms with E-state index in [2.05, 4.69) is 22.4 Å². The van der Waals surface area contributed by atoms with Gasteiger partial charge in [-0.15, -0.1) is 5.10 Å². The Bertz CT molecular complexity index is 282. The summed E-state index contributed by atoms with van der Waals surface area (Å²) >= 11 is 0. The van der Waals surface area contributed by atoms with Crippen LogP contribution in [0.3, 0.4) is 0 Å². The van der Waals surface area contributed by atoms with Gasteiger partial charge < -0.3 is 5.73 Å². The van der Waals surface area contributed by atoms with Crippen molar-refractivity contribution in [2.75, 3.05) is 0 Å². The van der Waals surface area contributed by atoms with Crippen molar-refractivity contribution in [1.29, 1.82) is 0 Å². The van der Waals surface area contributed by atoms with E-state index < -0.39 is 0 Å². The number of hydrogen-bond donors (Lipinski definition) is 1. The molecule has 0 radical (unpaired) electrons. The van der Waals surface area contributed by atoms with Crippen molar-refractivity contribution in [1.82, 2.24) is 20.2 Å². The second-order valence-corrected chi connectivity index (χ2v) is 3.82. The van der Waals surface area contributed by atoms with Crippen LogP contribution in [0.15, 0.2) is 0 Å². The van der Waals surface area contributed by atoms with Crippen molar-refractivity contribution in [3.8, 4) is 0 Å². The molecule has 1 aliphatic rings. The van der Waals surface area contributed by atoms with Crippen molar-refractivity contribution in [3.63, 3.8) is 0 Å². The van der Waals surface area contributed by atoms with E-state index >= 15 is 0 Å². The second-order valence-electron chi connectivity index (χ2n) is 3.82. The van der Waals surface area contributed by atoms with Crippen LogP contribution in [0.2, 0.25) is 0 Å². The van der Waals surface area contributed by atoms with Crippen LogP contribution in [0.4, 0.5) is 0 Å². The van der Waals surface area contributed by atoms with Crippen molar-refractivity contribution in [3.05, 3.63) is 5.82 Å². The minimum atomic E-state index is 0.428. The quantitative estimate of drug-likeness (QED) is 0.721. The largest absolute Gasteiger partial charge is 0.324 e. The van der Waals surface area contributed by atoms with Crippen LogP contribution in [0.1, 0.15) is 38.1 Å². The molecule has 2 atom stereocenters. The zero-order valence-electron chi connectivity index (χ0n) is 7.85. The van der Waals surface area contributed by atoms with Crippen LogP contribution in [0.25, 0.3) is 0 Å². The molecule has 2 rings (SSSR count). The average Bonchev–Trinajstić information content (AvgIpc) is 2.71. The molecule has 2 unspecified atom stereocenters. The average molecular weight is 181 g/mol. The summed E-state index contributed by atoms with van der Waals surface area (Å²) in [5, 5.41) is 11.5. The minimum Gasteiger partial charge on any atom is -0.324 e. The molecule has 5 heteroatoms. The van der Waals surface area contributed by atoms with Gasteiger partial charge in [-0.05, 0) is 35.6 Å². The summed E-state index contributed by atoms with van der Waals surface area (Å²) < 4.78 is 1.89. The molecule has 13 heavy (non-hydrogen) atoms. The first kappa shape index (κ1) is 8.62. The maximum absolute atomic E-state index is 5.53. The Kier molecular flexibility index (Phi) is 2.26. The van der Waals surface area contributed by atoms with Gasteiger partial charge in [0.2, 0.25) is 0 Å². The number of aromatic nitrogens is 4. The van der Waals surface area contributed by atoms with Gasteiger partial charge in [-0.3, -0.25) is 0 Å². The Balaban J connectivity index is 2.16. The van der Waals surface area contributed by atoms with Crippen molar-refractivity contribution in [2.24, 2.45) is 11.7 Å². The molecular formula is C8H15N5. The minimum absolute atomic E-state index is 0.428. The molecule has 1 aromatic heterocycles. The first-order chi connectivity index (χ1) is 6.31. The molecule has 5 nitrogen and oxygen atoms in total. The third-order valence-corrected chi connectivity index (χ3v) is 2.76. The van der Waals surface area contributed by atoms with Crippen molar-refractivity contribution < 1.29 is 0 Å². The van der Waals surface area contributed by atoms with Gasteiger partial charge in [0.05, 0.1) is 12.6 Å². The normalized spacial score (nSPS) is 28.2. The van der Waals surface area contributed by atoms with Gasteiger partial charge in [-0.25, -0.2) is 4.68 Å². The van der Waals surface area contributed by atoms with E-state index in [0.29, 0.717) is 12.6 Å².